The zero-order valence-electron chi connectivity index (χ0n) is 5.73. The van der Waals surface area contributed by atoms with Gasteiger partial charge in [-0.15, -0.1) is 12.4 Å². The quantitative estimate of drug-likeness (QED) is 0.604. The summed E-state index contributed by atoms with van der Waals surface area (Å²) >= 11 is 0. The smallest absolute Gasteiger partial charge is 0.00147 e. The summed E-state index contributed by atoms with van der Waals surface area (Å²) in [5.41, 5.74) is 5.47. The van der Waals surface area contributed by atoms with Crippen molar-refractivity contribution in [1.82, 2.24) is 0 Å². The van der Waals surface area contributed by atoms with Gasteiger partial charge in [0.2, 0.25) is 0 Å². The van der Waals surface area contributed by atoms with Crippen LogP contribution >= 0.6 is 12.4 Å². The predicted molar refractivity (Wildman–Crippen MR) is 42.6 cm³/mol. The van der Waals surface area contributed by atoms with Crippen LogP contribution in [0.2, 0.25) is 0 Å². The van der Waals surface area contributed by atoms with Gasteiger partial charge in [0.05, 0.1) is 0 Å². The largest absolute Gasteiger partial charge is 0.330 e. The minimum Gasteiger partial charge on any atom is -0.330 e. The van der Waals surface area contributed by atoms with E-state index in [9.17, 15) is 0 Å². The Morgan fingerprint density at radius 2 is 1.67 bits per heavy atom. The summed E-state index contributed by atoms with van der Waals surface area (Å²) in [5.74, 6) is 1.58. The van der Waals surface area contributed by atoms with Gasteiger partial charge in [-0.3, -0.25) is 0 Å². The summed E-state index contributed by atoms with van der Waals surface area (Å²) in [5, 5.41) is 0. The van der Waals surface area contributed by atoms with Crippen molar-refractivity contribution in [3.05, 3.63) is 5.92 Å². The number of hydrogen-bond donors (Lipinski definition) is 1. The highest BCUT2D eigenvalue weighted by Crippen LogP contribution is 2.23. The number of halogens is 1. The molecule has 9 heavy (non-hydrogen) atoms. The highest BCUT2D eigenvalue weighted by Gasteiger charge is 2.10. The van der Waals surface area contributed by atoms with E-state index in [1.165, 1.54) is 32.1 Å². The molecule has 0 aromatic rings. The Balaban J connectivity index is 0.000000640. The molecule has 1 aliphatic carbocycles. The molecule has 0 bridgehead atoms. The fourth-order valence-corrected chi connectivity index (χ4v) is 1.26. The van der Waals surface area contributed by atoms with Crippen molar-refractivity contribution in [2.45, 2.75) is 32.1 Å². The molecule has 1 fully saturated rings. The van der Waals surface area contributed by atoms with Gasteiger partial charge in [0.1, 0.15) is 0 Å². The van der Waals surface area contributed by atoms with Gasteiger partial charge in [-0.05, 0) is 25.3 Å². The van der Waals surface area contributed by atoms with Crippen molar-refractivity contribution < 1.29 is 0 Å². The fourth-order valence-electron chi connectivity index (χ4n) is 1.26. The average molecular weight is 149 g/mol. The standard InChI is InChI=1S/C7H14N.ClH/c8-6-7-4-2-1-3-5-7;/h1-6,8H2;1H. The second-order valence-electron chi connectivity index (χ2n) is 2.51. The maximum absolute atomic E-state index is 5.47. The summed E-state index contributed by atoms with van der Waals surface area (Å²) in [7, 11) is 0. The van der Waals surface area contributed by atoms with E-state index in [2.05, 4.69) is 0 Å². The van der Waals surface area contributed by atoms with Crippen molar-refractivity contribution in [2.75, 3.05) is 6.54 Å². The van der Waals surface area contributed by atoms with E-state index in [1.54, 1.807) is 5.92 Å². The molecular weight excluding hydrogens is 134 g/mol. The van der Waals surface area contributed by atoms with Crippen LogP contribution in [0.3, 0.4) is 0 Å². The van der Waals surface area contributed by atoms with Gasteiger partial charge < -0.3 is 5.73 Å². The molecule has 0 saturated heterocycles. The van der Waals surface area contributed by atoms with E-state index in [1.807, 2.05) is 0 Å². The molecule has 0 aromatic carbocycles. The van der Waals surface area contributed by atoms with Crippen LogP contribution in [-0.4, -0.2) is 6.54 Å². The van der Waals surface area contributed by atoms with Crippen LogP contribution in [0.25, 0.3) is 0 Å². The van der Waals surface area contributed by atoms with E-state index in [4.69, 9.17) is 5.73 Å². The first-order valence-electron chi connectivity index (χ1n) is 3.47. The average Bonchev–Trinajstić information content (AvgIpc) is 1.90. The zero-order chi connectivity index (χ0) is 5.82. The monoisotopic (exact) mass is 148 g/mol. The van der Waals surface area contributed by atoms with Crippen LogP contribution in [0.1, 0.15) is 32.1 Å². The van der Waals surface area contributed by atoms with Gasteiger partial charge in [-0.2, -0.15) is 0 Å². The first-order chi connectivity index (χ1) is 3.93. The predicted octanol–water partition coefficient (Wildman–Crippen LogP) is 1.91. The maximum atomic E-state index is 5.47. The molecule has 0 aromatic heterocycles. The lowest BCUT2D eigenvalue weighted by Crippen LogP contribution is -2.14. The molecule has 55 valence electrons. The molecule has 1 nitrogen and oxygen atoms in total. The molecule has 0 unspecified atom stereocenters. The van der Waals surface area contributed by atoms with Crippen molar-refractivity contribution in [3.8, 4) is 0 Å². The fraction of sp³-hybridized carbons (Fsp3) is 0.857. The molecule has 1 radical (unpaired) electrons. The summed E-state index contributed by atoms with van der Waals surface area (Å²) in [4.78, 5) is 0. The SMILES string of the molecule is Cl.NC[C]1CCCCC1. The third-order valence-corrected chi connectivity index (χ3v) is 1.85. The zero-order valence-corrected chi connectivity index (χ0v) is 6.54. The summed E-state index contributed by atoms with van der Waals surface area (Å²) in [6, 6.07) is 0. The molecular formula is C7H15ClN. The van der Waals surface area contributed by atoms with Gasteiger partial charge in [0.15, 0.2) is 0 Å². The van der Waals surface area contributed by atoms with Crippen LogP contribution in [-0.2, 0) is 0 Å². The van der Waals surface area contributed by atoms with Gasteiger partial charge >= 0.3 is 0 Å². The Morgan fingerprint density at radius 3 is 2.00 bits per heavy atom. The van der Waals surface area contributed by atoms with Gasteiger partial charge in [-0.25, -0.2) is 0 Å². The van der Waals surface area contributed by atoms with Crippen molar-refractivity contribution in [2.24, 2.45) is 5.73 Å². The Morgan fingerprint density at radius 1 is 1.11 bits per heavy atom. The molecule has 2 heteroatoms. The highest BCUT2D eigenvalue weighted by atomic mass is 35.5. The minimum absolute atomic E-state index is 0. The molecule has 0 heterocycles. The molecule has 0 atom stereocenters. The van der Waals surface area contributed by atoms with Crippen molar-refractivity contribution in [3.63, 3.8) is 0 Å². The third kappa shape index (κ3) is 3.07. The van der Waals surface area contributed by atoms with E-state index in [0.717, 1.165) is 6.54 Å². The normalized spacial score (nSPS) is 21.0. The third-order valence-electron chi connectivity index (χ3n) is 1.85. The second-order valence-corrected chi connectivity index (χ2v) is 2.51. The maximum Gasteiger partial charge on any atom is -0.00147 e. The first kappa shape index (κ1) is 9.25. The first-order valence-corrected chi connectivity index (χ1v) is 3.47. The molecule has 1 aliphatic rings. The highest BCUT2D eigenvalue weighted by molar-refractivity contribution is 5.85. The molecule has 2 N–H and O–H groups in total. The van der Waals surface area contributed by atoms with Gasteiger partial charge in [0.25, 0.3) is 0 Å². The second kappa shape index (κ2) is 5.07. The summed E-state index contributed by atoms with van der Waals surface area (Å²) in [6.07, 6.45) is 6.79. The Labute approximate surface area is 63.4 Å². The molecule has 1 saturated carbocycles. The van der Waals surface area contributed by atoms with E-state index < -0.39 is 0 Å². The number of rotatable bonds is 1. The van der Waals surface area contributed by atoms with E-state index in [-0.39, 0.29) is 12.4 Å². The Hall–Kier alpha value is 0.250. The van der Waals surface area contributed by atoms with Crippen LogP contribution in [0.4, 0.5) is 0 Å². The van der Waals surface area contributed by atoms with Crippen LogP contribution < -0.4 is 5.73 Å². The summed E-state index contributed by atoms with van der Waals surface area (Å²) in [6.45, 7) is 0.833. The minimum atomic E-state index is 0. The molecule has 1 rings (SSSR count). The van der Waals surface area contributed by atoms with Gasteiger partial charge in [0, 0.05) is 0 Å². The van der Waals surface area contributed by atoms with E-state index in [0.29, 0.717) is 0 Å². The lowest BCUT2D eigenvalue weighted by Gasteiger charge is -2.18. The lowest BCUT2D eigenvalue weighted by molar-refractivity contribution is 0.525. The van der Waals surface area contributed by atoms with Crippen molar-refractivity contribution >= 4 is 12.4 Å². The number of nitrogens with two attached hydrogens (primary N) is 1. The molecule has 0 spiro atoms. The Kier molecular flexibility index (Phi) is 5.21. The van der Waals surface area contributed by atoms with Crippen LogP contribution in [0.5, 0.6) is 0 Å². The molecule has 0 aliphatic heterocycles. The van der Waals surface area contributed by atoms with E-state index >= 15 is 0 Å². The van der Waals surface area contributed by atoms with Crippen LogP contribution in [0.15, 0.2) is 0 Å². The lowest BCUT2D eigenvalue weighted by atomic mass is 9.90. The van der Waals surface area contributed by atoms with Crippen molar-refractivity contribution in [1.29, 1.82) is 0 Å². The number of hydrogen-bond acceptors (Lipinski definition) is 1. The van der Waals surface area contributed by atoms with Crippen LogP contribution in [0, 0.1) is 5.92 Å². The van der Waals surface area contributed by atoms with Gasteiger partial charge in [-0.1, -0.05) is 19.3 Å². The molecule has 0 amide bonds. The summed E-state index contributed by atoms with van der Waals surface area (Å²) < 4.78 is 0. The Bertz CT molecular complexity index is 59.9. The topological polar surface area (TPSA) is 26.0 Å².